The van der Waals surface area contributed by atoms with E-state index in [4.69, 9.17) is 10.5 Å². The van der Waals surface area contributed by atoms with E-state index in [1.165, 1.54) is 16.7 Å². The van der Waals surface area contributed by atoms with Gasteiger partial charge in [-0.2, -0.15) is 0 Å². The van der Waals surface area contributed by atoms with Gasteiger partial charge in [-0.05, 0) is 45.9 Å². The molecule has 0 bridgehead atoms. The lowest BCUT2D eigenvalue weighted by Gasteiger charge is -2.29. The van der Waals surface area contributed by atoms with E-state index in [2.05, 4.69) is 57.8 Å². The number of nitrogens with zero attached hydrogens (tertiary/aromatic N) is 1. The van der Waals surface area contributed by atoms with Crippen molar-refractivity contribution in [3.63, 3.8) is 0 Å². The summed E-state index contributed by atoms with van der Waals surface area (Å²) < 4.78 is 5.61. The maximum Gasteiger partial charge on any atom is 0.0597 e. The summed E-state index contributed by atoms with van der Waals surface area (Å²) in [6.45, 7) is 10.7. The van der Waals surface area contributed by atoms with Crippen LogP contribution in [-0.4, -0.2) is 37.7 Å². The summed E-state index contributed by atoms with van der Waals surface area (Å²) in [7, 11) is 2.11. The molecule has 2 N–H and O–H groups in total. The number of benzene rings is 1. The summed E-state index contributed by atoms with van der Waals surface area (Å²) >= 11 is 0. The number of rotatable bonds is 7. The van der Waals surface area contributed by atoms with Crippen LogP contribution in [0.3, 0.4) is 0 Å². The van der Waals surface area contributed by atoms with Crippen molar-refractivity contribution in [3.8, 4) is 0 Å². The summed E-state index contributed by atoms with van der Waals surface area (Å²) in [5, 5.41) is 0. The Morgan fingerprint density at radius 1 is 1.26 bits per heavy atom. The Labute approximate surface area is 117 Å². The van der Waals surface area contributed by atoms with E-state index >= 15 is 0 Å². The van der Waals surface area contributed by atoms with Crippen molar-refractivity contribution in [2.24, 2.45) is 5.73 Å². The number of aryl methyl sites for hydroxylation is 2. The Hall–Kier alpha value is -0.900. The first-order valence-electron chi connectivity index (χ1n) is 7.04. The average Bonchev–Trinajstić information content (AvgIpc) is 2.34. The second kappa shape index (κ2) is 7.63. The molecule has 0 aliphatic rings. The van der Waals surface area contributed by atoms with Crippen LogP contribution in [0.2, 0.25) is 0 Å². The average molecular weight is 264 g/mol. The third kappa shape index (κ3) is 4.94. The van der Waals surface area contributed by atoms with Crippen molar-refractivity contribution >= 4 is 0 Å². The fraction of sp³-hybridized carbons (Fsp3) is 0.625. The second-order valence-corrected chi connectivity index (χ2v) is 5.51. The Balaban J connectivity index is 2.73. The zero-order valence-corrected chi connectivity index (χ0v) is 12.9. The minimum Gasteiger partial charge on any atom is -0.377 e. The van der Waals surface area contributed by atoms with Gasteiger partial charge in [-0.25, -0.2) is 0 Å². The molecule has 0 amide bonds. The summed E-state index contributed by atoms with van der Waals surface area (Å²) in [6, 6.07) is 6.82. The van der Waals surface area contributed by atoms with E-state index in [1.807, 2.05) is 0 Å². The predicted octanol–water partition coefficient (Wildman–Crippen LogP) is 2.66. The maximum absolute atomic E-state index is 5.97. The quantitative estimate of drug-likeness (QED) is 0.823. The summed E-state index contributed by atoms with van der Waals surface area (Å²) in [5.74, 6) is 0. The first-order chi connectivity index (χ1) is 8.95. The molecule has 0 aliphatic carbocycles. The normalized spacial score (nSPS) is 13.3. The lowest BCUT2D eigenvalue weighted by atomic mass is 9.98. The lowest BCUT2D eigenvalue weighted by Crippen LogP contribution is -2.34. The molecule has 0 aromatic heterocycles. The van der Waals surface area contributed by atoms with Gasteiger partial charge in [0.05, 0.1) is 12.7 Å². The molecule has 1 aromatic rings. The van der Waals surface area contributed by atoms with Gasteiger partial charge in [-0.1, -0.05) is 23.8 Å². The third-order valence-electron chi connectivity index (χ3n) is 3.44. The zero-order chi connectivity index (χ0) is 14.4. The van der Waals surface area contributed by atoms with Crippen molar-refractivity contribution in [3.05, 3.63) is 34.9 Å². The van der Waals surface area contributed by atoms with E-state index in [0.717, 1.165) is 13.2 Å². The molecule has 0 spiro atoms. The highest BCUT2D eigenvalue weighted by atomic mass is 16.5. The summed E-state index contributed by atoms with van der Waals surface area (Å²) in [4.78, 5) is 2.28. The number of hydrogen-bond donors (Lipinski definition) is 1. The molecule has 108 valence electrons. The van der Waals surface area contributed by atoms with Crippen LogP contribution in [-0.2, 0) is 4.74 Å². The van der Waals surface area contributed by atoms with Gasteiger partial charge >= 0.3 is 0 Å². The van der Waals surface area contributed by atoms with Gasteiger partial charge in [0.1, 0.15) is 0 Å². The summed E-state index contributed by atoms with van der Waals surface area (Å²) in [6.07, 6.45) is 0.283. The zero-order valence-electron chi connectivity index (χ0n) is 12.9. The lowest BCUT2D eigenvalue weighted by molar-refractivity contribution is 0.0564. The molecule has 19 heavy (non-hydrogen) atoms. The minimum absolute atomic E-state index is 0.260. The fourth-order valence-corrected chi connectivity index (χ4v) is 2.25. The second-order valence-electron chi connectivity index (χ2n) is 5.51. The van der Waals surface area contributed by atoms with Gasteiger partial charge in [-0.3, -0.25) is 4.90 Å². The van der Waals surface area contributed by atoms with Crippen LogP contribution in [0.25, 0.3) is 0 Å². The van der Waals surface area contributed by atoms with Crippen molar-refractivity contribution in [1.29, 1.82) is 0 Å². The first-order valence-corrected chi connectivity index (χ1v) is 7.04. The molecular weight excluding hydrogens is 236 g/mol. The topological polar surface area (TPSA) is 38.5 Å². The van der Waals surface area contributed by atoms with Crippen LogP contribution in [0.4, 0.5) is 0 Å². The molecule has 1 atom stereocenters. The van der Waals surface area contributed by atoms with Gasteiger partial charge in [0.15, 0.2) is 0 Å². The molecule has 0 aliphatic heterocycles. The molecule has 1 aromatic carbocycles. The number of likely N-dealkylation sites (N-methyl/N-ethyl adjacent to an activating group) is 1. The van der Waals surface area contributed by atoms with Crippen LogP contribution >= 0.6 is 0 Å². The molecule has 0 radical (unpaired) electrons. The highest BCUT2D eigenvalue weighted by Crippen LogP contribution is 2.23. The van der Waals surface area contributed by atoms with Gasteiger partial charge in [0, 0.05) is 19.1 Å². The highest BCUT2D eigenvalue weighted by Gasteiger charge is 2.17. The molecule has 1 unspecified atom stereocenters. The highest BCUT2D eigenvalue weighted by molar-refractivity contribution is 5.33. The molecular formula is C16H28N2O. The van der Waals surface area contributed by atoms with Crippen molar-refractivity contribution < 1.29 is 4.74 Å². The first kappa shape index (κ1) is 16.2. The van der Waals surface area contributed by atoms with E-state index in [9.17, 15) is 0 Å². The van der Waals surface area contributed by atoms with E-state index < -0.39 is 0 Å². The molecule has 1 rings (SSSR count). The largest absolute Gasteiger partial charge is 0.377 e. The molecule has 3 nitrogen and oxygen atoms in total. The summed E-state index contributed by atoms with van der Waals surface area (Å²) in [5.41, 5.74) is 9.89. The Bertz CT molecular complexity index is 390. The smallest absolute Gasteiger partial charge is 0.0597 e. The maximum atomic E-state index is 5.97. The van der Waals surface area contributed by atoms with Gasteiger partial charge < -0.3 is 10.5 Å². The van der Waals surface area contributed by atoms with Gasteiger partial charge in [-0.15, -0.1) is 0 Å². The molecule has 0 saturated carbocycles. The molecule has 0 fully saturated rings. The van der Waals surface area contributed by atoms with Crippen LogP contribution in [0.5, 0.6) is 0 Å². The van der Waals surface area contributed by atoms with E-state index in [-0.39, 0.29) is 12.1 Å². The van der Waals surface area contributed by atoms with Gasteiger partial charge in [0.2, 0.25) is 0 Å². The monoisotopic (exact) mass is 264 g/mol. The number of nitrogens with two attached hydrogens (primary N) is 1. The van der Waals surface area contributed by atoms with Crippen molar-refractivity contribution in [1.82, 2.24) is 4.90 Å². The third-order valence-corrected chi connectivity index (χ3v) is 3.44. The van der Waals surface area contributed by atoms with Crippen LogP contribution in [0, 0.1) is 13.8 Å². The van der Waals surface area contributed by atoms with E-state index in [1.54, 1.807) is 0 Å². The van der Waals surface area contributed by atoms with Crippen LogP contribution in [0.15, 0.2) is 18.2 Å². The standard InChI is InChI=1S/C16H28N2O/c1-12(2)19-9-8-18(5)16(11-17)15-10-13(3)6-7-14(15)4/h6-7,10,12,16H,8-9,11,17H2,1-5H3. The van der Waals surface area contributed by atoms with Gasteiger partial charge in [0.25, 0.3) is 0 Å². The predicted molar refractivity (Wildman–Crippen MR) is 81.4 cm³/mol. The number of ether oxygens (including phenoxy) is 1. The molecule has 3 heteroatoms. The minimum atomic E-state index is 0.260. The van der Waals surface area contributed by atoms with Crippen LogP contribution in [0.1, 0.15) is 36.6 Å². The molecule has 0 heterocycles. The van der Waals surface area contributed by atoms with Crippen LogP contribution < -0.4 is 5.73 Å². The Morgan fingerprint density at radius 2 is 1.95 bits per heavy atom. The SMILES string of the molecule is Cc1ccc(C)c(C(CN)N(C)CCOC(C)C)c1. The van der Waals surface area contributed by atoms with Crippen molar-refractivity contribution in [2.45, 2.75) is 39.8 Å². The van der Waals surface area contributed by atoms with Crippen molar-refractivity contribution in [2.75, 3.05) is 26.7 Å². The number of hydrogen-bond acceptors (Lipinski definition) is 3. The Morgan fingerprint density at radius 3 is 2.53 bits per heavy atom. The fourth-order valence-electron chi connectivity index (χ4n) is 2.25. The van der Waals surface area contributed by atoms with E-state index in [0.29, 0.717) is 6.54 Å². The molecule has 0 saturated heterocycles. The Kier molecular flexibility index (Phi) is 6.49.